The van der Waals surface area contributed by atoms with Crippen molar-refractivity contribution >= 4 is 28.8 Å². The number of urea groups is 1. The summed E-state index contributed by atoms with van der Waals surface area (Å²) in [5.74, 6) is 0.144. The molecule has 0 radical (unpaired) electrons. The summed E-state index contributed by atoms with van der Waals surface area (Å²) in [6, 6.07) is 5.67. The largest absolute Gasteiger partial charge is 0.423 e. The normalized spacial score (nSPS) is 20.8. The predicted octanol–water partition coefficient (Wildman–Crippen LogP) is 2.57. The van der Waals surface area contributed by atoms with Crippen LogP contribution < -0.4 is 15.5 Å². The number of aliphatic hydroxyl groups is 1. The van der Waals surface area contributed by atoms with Crippen molar-refractivity contribution < 1.29 is 14.3 Å². The second kappa shape index (κ2) is 7.09. The van der Waals surface area contributed by atoms with Crippen LogP contribution in [0.5, 0.6) is 0 Å². The second-order valence-electron chi connectivity index (χ2n) is 6.51. The minimum atomic E-state index is -0.254. The van der Waals surface area contributed by atoms with Crippen molar-refractivity contribution in [2.24, 2.45) is 5.92 Å². The molecule has 0 bridgehead atoms. The predicted molar refractivity (Wildman–Crippen MR) is 93.3 cm³/mol. The number of benzene rings is 1. The van der Waals surface area contributed by atoms with Gasteiger partial charge in [0.25, 0.3) is 6.01 Å². The first-order valence-electron chi connectivity index (χ1n) is 8.33. The van der Waals surface area contributed by atoms with E-state index in [0.29, 0.717) is 22.8 Å². The molecule has 1 aromatic carbocycles. The number of fused-ring (bicyclic) bond motifs is 1. The first-order valence-corrected chi connectivity index (χ1v) is 8.33. The molecule has 24 heavy (non-hydrogen) atoms. The number of nitrogens with zero attached hydrogens (tertiary/aromatic N) is 2. The Morgan fingerprint density at radius 3 is 2.92 bits per heavy atom. The molecule has 1 aliphatic carbocycles. The summed E-state index contributed by atoms with van der Waals surface area (Å²) in [5, 5.41) is 15.3. The molecule has 0 aliphatic heterocycles. The summed E-state index contributed by atoms with van der Waals surface area (Å²) in [7, 11) is 3.72. The van der Waals surface area contributed by atoms with Gasteiger partial charge < -0.3 is 25.1 Å². The van der Waals surface area contributed by atoms with Gasteiger partial charge in [0, 0.05) is 38.3 Å². The topological polar surface area (TPSA) is 90.6 Å². The number of hydrogen-bond acceptors (Lipinski definition) is 5. The number of aliphatic hydroxyl groups excluding tert-OH is 1. The second-order valence-corrected chi connectivity index (χ2v) is 6.51. The number of amides is 2. The summed E-state index contributed by atoms with van der Waals surface area (Å²) < 4.78 is 5.60. The molecule has 3 rings (SSSR count). The molecule has 1 fully saturated rings. The van der Waals surface area contributed by atoms with Gasteiger partial charge in [0.1, 0.15) is 5.52 Å². The molecule has 130 valence electrons. The number of carbonyl (C=O) groups is 1. The number of hydrogen-bond donors (Lipinski definition) is 3. The Hall–Kier alpha value is -2.28. The van der Waals surface area contributed by atoms with Crippen molar-refractivity contribution in [2.45, 2.75) is 31.7 Å². The van der Waals surface area contributed by atoms with Crippen molar-refractivity contribution in [2.75, 3.05) is 30.9 Å². The van der Waals surface area contributed by atoms with Gasteiger partial charge in [-0.2, -0.15) is 4.98 Å². The maximum absolute atomic E-state index is 12.2. The third kappa shape index (κ3) is 3.62. The van der Waals surface area contributed by atoms with Crippen LogP contribution in [-0.4, -0.2) is 42.9 Å². The van der Waals surface area contributed by atoms with E-state index in [4.69, 9.17) is 4.42 Å². The lowest BCUT2D eigenvalue weighted by Crippen LogP contribution is -2.45. The molecule has 1 aliphatic rings. The van der Waals surface area contributed by atoms with Crippen molar-refractivity contribution in [1.29, 1.82) is 0 Å². The van der Waals surface area contributed by atoms with Crippen LogP contribution in [0.2, 0.25) is 0 Å². The number of oxazole rings is 1. The lowest BCUT2D eigenvalue weighted by Gasteiger charge is -2.30. The van der Waals surface area contributed by atoms with Crippen LogP contribution in [0.4, 0.5) is 16.5 Å². The van der Waals surface area contributed by atoms with Gasteiger partial charge in [-0.05, 0) is 31.0 Å². The number of anilines is 2. The molecule has 3 N–H and O–H groups in total. The Morgan fingerprint density at radius 1 is 1.38 bits per heavy atom. The summed E-state index contributed by atoms with van der Waals surface area (Å²) in [5.41, 5.74) is 2.04. The SMILES string of the molecule is CN(C)c1nc2cc(NC(=O)NC3CCCCC3CO)ccc2o1. The third-order valence-electron chi connectivity index (χ3n) is 4.48. The Labute approximate surface area is 141 Å². The number of rotatable bonds is 4. The van der Waals surface area contributed by atoms with Crippen LogP contribution in [0.25, 0.3) is 11.1 Å². The standard InChI is InChI=1S/C17H24N4O3/c1-21(2)17-20-14-9-12(7-8-15(14)24-17)18-16(23)19-13-6-4-3-5-11(13)10-22/h7-9,11,13,22H,3-6,10H2,1-2H3,(H2,18,19,23). The maximum atomic E-state index is 12.2. The lowest BCUT2D eigenvalue weighted by molar-refractivity contribution is 0.156. The van der Waals surface area contributed by atoms with Gasteiger partial charge in [0.05, 0.1) is 0 Å². The van der Waals surface area contributed by atoms with E-state index in [9.17, 15) is 9.90 Å². The quantitative estimate of drug-likeness (QED) is 0.800. The van der Waals surface area contributed by atoms with Crippen LogP contribution in [-0.2, 0) is 0 Å². The molecule has 7 nitrogen and oxygen atoms in total. The summed E-state index contributed by atoms with van der Waals surface area (Å²) >= 11 is 0. The van der Waals surface area contributed by atoms with E-state index in [1.54, 1.807) is 23.1 Å². The van der Waals surface area contributed by atoms with Crippen molar-refractivity contribution in [1.82, 2.24) is 10.3 Å². The van der Waals surface area contributed by atoms with Crippen molar-refractivity contribution in [3.8, 4) is 0 Å². The molecule has 1 aromatic heterocycles. The van der Waals surface area contributed by atoms with Gasteiger partial charge in [-0.15, -0.1) is 0 Å². The Kier molecular flexibility index (Phi) is 4.89. The van der Waals surface area contributed by atoms with E-state index in [0.717, 1.165) is 25.7 Å². The van der Waals surface area contributed by atoms with E-state index in [1.165, 1.54) is 0 Å². The zero-order valence-corrected chi connectivity index (χ0v) is 14.1. The minimum absolute atomic E-state index is 0.0277. The van der Waals surface area contributed by atoms with Gasteiger partial charge in [-0.3, -0.25) is 0 Å². The molecule has 7 heteroatoms. The average molecular weight is 332 g/mol. The first kappa shape index (κ1) is 16.6. The smallest absolute Gasteiger partial charge is 0.319 e. The molecule has 0 spiro atoms. The summed E-state index contributed by atoms with van der Waals surface area (Å²) in [6.45, 7) is 0.114. The van der Waals surface area contributed by atoms with Gasteiger partial charge in [0.15, 0.2) is 5.58 Å². The Bertz CT molecular complexity index is 713. The van der Waals surface area contributed by atoms with E-state index >= 15 is 0 Å². The Balaban J connectivity index is 1.66. The van der Waals surface area contributed by atoms with Crippen LogP contribution in [0.15, 0.2) is 22.6 Å². The van der Waals surface area contributed by atoms with E-state index in [1.807, 2.05) is 14.1 Å². The molecule has 1 saturated carbocycles. The van der Waals surface area contributed by atoms with Gasteiger partial charge in [-0.1, -0.05) is 12.8 Å². The fourth-order valence-corrected chi connectivity index (χ4v) is 3.14. The highest BCUT2D eigenvalue weighted by atomic mass is 16.4. The van der Waals surface area contributed by atoms with Crippen LogP contribution in [0.3, 0.4) is 0 Å². The highest BCUT2D eigenvalue weighted by molar-refractivity contribution is 5.92. The lowest BCUT2D eigenvalue weighted by atomic mass is 9.85. The fraction of sp³-hybridized carbons (Fsp3) is 0.529. The fourth-order valence-electron chi connectivity index (χ4n) is 3.14. The molecule has 2 amide bonds. The maximum Gasteiger partial charge on any atom is 0.319 e. The Morgan fingerprint density at radius 2 is 2.17 bits per heavy atom. The molecule has 0 saturated heterocycles. The van der Waals surface area contributed by atoms with E-state index in [2.05, 4.69) is 15.6 Å². The van der Waals surface area contributed by atoms with Crippen LogP contribution in [0, 0.1) is 5.92 Å². The third-order valence-corrected chi connectivity index (χ3v) is 4.48. The highest BCUT2D eigenvalue weighted by Crippen LogP contribution is 2.25. The average Bonchev–Trinajstić information content (AvgIpc) is 2.99. The number of nitrogens with one attached hydrogen (secondary N) is 2. The van der Waals surface area contributed by atoms with Gasteiger partial charge in [0.2, 0.25) is 0 Å². The van der Waals surface area contributed by atoms with Crippen LogP contribution in [0.1, 0.15) is 25.7 Å². The molecule has 2 aromatic rings. The molecule has 1 heterocycles. The van der Waals surface area contributed by atoms with Crippen LogP contribution >= 0.6 is 0 Å². The van der Waals surface area contributed by atoms with E-state index in [-0.39, 0.29) is 24.6 Å². The van der Waals surface area contributed by atoms with Gasteiger partial charge in [-0.25, -0.2) is 4.79 Å². The monoisotopic (exact) mass is 332 g/mol. The first-order chi connectivity index (χ1) is 11.6. The minimum Gasteiger partial charge on any atom is -0.423 e. The molecular formula is C17H24N4O3. The van der Waals surface area contributed by atoms with Crippen molar-refractivity contribution in [3.05, 3.63) is 18.2 Å². The summed E-state index contributed by atoms with van der Waals surface area (Å²) in [4.78, 5) is 18.4. The van der Waals surface area contributed by atoms with Crippen molar-refractivity contribution in [3.63, 3.8) is 0 Å². The summed E-state index contributed by atoms with van der Waals surface area (Å²) in [6.07, 6.45) is 4.06. The number of carbonyl (C=O) groups excluding carboxylic acids is 1. The zero-order valence-electron chi connectivity index (χ0n) is 14.1. The highest BCUT2D eigenvalue weighted by Gasteiger charge is 2.25. The van der Waals surface area contributed by atoms with E-state index < -0.39 is 0 Å². The molecule has 2 atom stereocenters. The zero-order chi connectivity index (χ0) is 17.1. The molecular weight excluding hydrogens is 308 g/mol. The van der Waals surface area contributed by atoms with Gasteiger partial charge >= 0.3 is 6.03 Å². The molecule has 2 unspecified atom stereocenters. The number of aromatic nitrogens is 1.